The molecule has 1 aromatic carbocycles. The first-order valence-electron chi connectivity index (χ1n) is 9.86. The summed E-state index contributed by atoms with van der Waals surface area (Å²) in [7, 11) is 1.79. The number of benzene rings is 1. The second-order valence-corrected chi connectivity index (χ2v) is 7.95. The van der Waals surface area contributed by atoms with Crippen LogP contribution in [0.1, 0.15) is 49.6 Å². The van der Waals surface area contributed by atoms with Gasteiger partial charge in [-0.05, 0) is 39.8 Å². The van der Waals surface area contributed by atoms with E-state index in [1.165, 1.54) is 0 Å². The number of para-hydroxylation sites is 1. The number of carbonyl (C=O) groups excluding carboxylic acids is 1. The van der Waals surface area contributed by atoms with E-state index in [0.717, 1.165) is 11.4 Å². The van der Waals surface area contributed by atoms with Gasteiger partial charge in [0.15, 0.2) is 5.69 Å². The molecule has 0 saturated heterocycles. The molecule has 8 nitrogen and oxygen atoms in total. The number of imidazole rings is 1. The molecule has 0 spiro atoms. The number of fused-ring (bicyclic) bond motifs is 3. The topological polar surface area (TPSA) is 80.3 Å². The van der Waals surface area contributed by atoms with E-state index in [0.29, 0.717) is 48.2 Å². The Morgan fingerprint density at radius 2 is 1.86 bits per heavy atom. The summed E-state index contributed by atoms with van der Waals surface area (Å²) in [5, 5.41) is 8.49. The third-order valence-electron chi connectivity index (χ3n) is 5.31. The van der Waals surface area contributed by atoms with Gasteiger partial charge >= 0.3 is 0 Å². The van der Waals surface area contributed by atoms with Crippen LogP contribution in [0.5, 0.6) is 0 Å². The molecule has 2 aromatic heterocycles. The Labute approximate surface area is 170 Å². The smallest absolute Gasteiger partial charge is 0.268 e. The van der Waals surface area contributed by atoms with E-state index in [4.69, 9.17) is 4.42 Å². The molecule has 0 atom stereocenters. The van der Waals surface area contributed by atoms with E-state index in [9.17, 15) is 4.79 Å². The summed E-state index contributed by atoms with van der Waals surface area (Å²) in [6, 6.07) is 8.27. The first-order chi connectivity index (χ1) is 13.9. The molecule has 1 aliphatic rings. The largest absolute Gasteiger partial charge is 0.418 e. The lowest BCUT2D eigenvalue weighted by Crippen LogP contribution is -2.36. The summed E-state index contributed by atoms with van der Waals surface area (Å²) >= 11 is 0. The van der Waals surface area contributed by atoms with E-state index in [2.05, 4.69) is 47.8 Å². The maximum absolute atomic E-state index is 12.7. The Morgan fingerprint density at radius 1 is 1.14 bits per heavy atom. The molecule has 1 amide bonds. The first-order valence-corrected chi connectivity index (χ1v) is 9.86. The summed E-state index contributed by atoms with van der Waals surface area (Å²) < 4.78 is 7.91. The highest BCUT2D eigenvalue weighted by Gasteiger charge is 2.28. The van der Waals surface area contributed by atoms with Gasteiger partial charge in [0.2, 0.25) is 5.89 Å². The number of amides is 1. The highest BCUT2D eigenvalue weighted by atomic mass is 16.4. The summed E-state index contributed by atoms with van der Waals surface area (Å²) in [4.78, 5) is 21.3. The molecule has 8 heteroatoms. The quantitative estimate of drug-likeness (QED) is 0.661. The Balaban J connectivity index is 1.71. The Morgan fingerprint density at radius 3 is 2.59 bits per heavy atom. The number of hydrogen-bond acceptors (Lipinski definition) is 6. The van der Waals surface area contributed by atoms with Crippen LogP contribution in [-0.4, -0.2) is 54.6 Å². The second kappa shape index (κ2) is 7.44. The second-order valence-electron chi connectivity index (χ2n) is 7.95. The lowest BCUT2D eigenvalue weighted by molar-refractivity contribution is 0.0788. The van der Waals surface area contributed by atoms with Crippen molar-refractivity contribution in [3.63, 3.8) is 0 Å². The summed E-state index contributed by atoms with van der Waals surface area (Å²) in [5.41, 5.74) is 2.92. The van der Waals surface area contributed by atoms with Gasteiger partial charge in [-0.2, -0.15) is 0 Å². The molecule has 3 heterocycles. The number of hydrogen-bond donors (Lipinski definition) is 0. The standard InChI is InChI=1S/C21H26N6O2/c1-13(2)26(14(3)4)11-18-23-24-20(29-18)19-17-10-25(5)21(28)15-8-6-7-9-16(15)27(17)12-22-19/h6-9,12-14H,10-11H2,1-5H3. The minimum absolute atomic E-state index is 0.0222. The molecule has 152 valence electrons. The van der Waals surface area contributed by atoms with Crippen molar-refractivity contribution in [2.24, 2.45) is 0 Å². The van der Waals surface area contributed by atoms with Crippen molar-refractivity contribution < 1.29 is 9.21 Å². The van der Waals surface area contributed by atoms with Crippen molar-refractivity contribution in [1.82, 2.24) is 29.5 Å². The molecule has 0 radical (unpaired) electrons. The molecular formula is C21H26N6O2. The van der Waals surface area contributed by atoms with Crippen molar-refractivity contribution in [1.29, 1.82) is 0 Å². The summed E-state index contributed by atoms with van der Waals surface area (Å²) in [5.74, 6) is 0.912. The minimum atomic E-state index is -0.0222. The van der Waals surface area contributed by atoms with Gasteiger partial charge in [-0.15, -0.1) is 10.2 Å². The molecule has 0 bridgehead atoms. The number of rotatable bonds is 5. The molecule has 3 aromatic rings. The van der Waals surface area contributed by atoms with Gasteiger partial charge in [-0.1, -0.05) is 12.1 Å². The van der Waals surface area contributed by atoms with E-state index < -0.39 is 0 Å². The predicted octanol–water partition coefficient (Wildman–Crippen LogP) is 3.13. The average molecular weight is 394 g/mol. The van der Waals surface area contributed by atoms with Crippen LogP contribution >= 0.6 is 0 Å². The fraction of sp³-hybridized carbons (Fsp3) is 0.429. The lowest BCUT2D eigenvalue weighted by Gasteiger charge is -2.28. The van der Waals surface area contributed by atoms with E-state index in [1.807, 2.05) is 28.8 Å². The maximum Gasteiger partial charge on any atom is 0.268 e. The van der Waals surface area contributed by atoms with Crippen molar-refractivity contribution >= 4 is 5.91 Å². The van der Waals surface area contributed by atoms with Gasteiger partial charge in [0.25, 0.3) is 11.8 Å². The molecule has 0 aliphatic carbocycles. The van der Waals surface area contributed by atoms with Crippen molar-refractivity contribution in [3.05, 3.63) is 47.7 Å². The molecule has 0 N–H and O–H groups in total. The van der Waals surface area contributed by atoms with E-state index in [1.54, 1.807) is 18.3 Å². The van der Waals surface area contributed by atoms with Gasteiger partial charge in [-0.3, -0.25) is 14.3 Å². The third-order valence-corrected chi connectivity index (χ3v) is 5.31. The molecule has 4 rings (SSSR count). The molecule has 0 fully saturated rings. The van der Waals surface area contributed by atoms with E-state index >= 15 is 0 Å². The molecular weight excluding hydrogens is 368 g/mol. The lowest BCUT2D eigenvalue weighted by atomic mass is 10.1. The van der Waals surface area contributed by atoms with Crippen LogP contribution in [0.4, 0.5) is 0 Å². The van der Waals surface area contributed by atoms with Gasteiger partial charge in [0.05, 0.1) is 30.0 Å². The average Bonchev–Trinajstić information content (AvgIpc) is 3.29. The van der Waals surface area contributed by atoms with Gasteiger partial charge in [0, 0.05) is 19.1 Å². The van der Waals surface area contributed by atoms with Crippen LogP contribution in [0.15, 0.2) is 35.0 Å². The van der Waals surface area contributed by atoms with Gasteiger partial charge < -0.3 is 9.32 Å². The van der Waals surface area contributed by atoms with Crippen molar-refractivity contribution in [3.8, 4) is 17.3 Å². The van der Waals surface area contributed by atoms with Crippen molar-refractivity contribution in [2.45, 2.75) is 52.9 Å². The monoisotopic (exact) mass is 394 g/mol. The zero-order valence-corrected chi connectivity index (χ0v) is 17.5. The molecule has 29 heavy (non-hydrogen) atoms. The van der Waals surface area contributed by atoms with Crippen LogP contribution in [0.25, 0.3) is 17.3 Å². The highest BCUT2D eigenvalue weighted by Crippen LogP contribution is 2.30. The SMILES string of the molecule is CC(C)N(Cc1nnc(-c2ncn3c2CN(C)C(=O)c2ccccc2-3)o1)C(C)C. The van der Waals surface area contributed by atoms with Crippen molar-refractivity contribution in [2.75, 3.05) is 7.05 Å². The van der Waals surface area contributed by atoms with Crippen LogP contribution in [0.3, 0.4) is 0 Å². The van der Waals surface area contributed by atoms with Gasteiger partial charge in [0.1, 0.15) is 6.33 Å². The molecule has 0 unspecified atom stereocenters. The Hall–Kier alpha value is -3.00. The number of carbonyl (C=O) groups is 1. The van der Waals surface area contributed by atoms with Gasteiger partial charge in [-0.25, -0.2) is 4.98 Å². The maximum atomic E-state index is 12.7. The fourth-order valence-corrected chi connectivity index (χ4v) is 3.81. The Kier molecular flexibility index (Phi) is 4.96. The fourth-order valence-electron chi connectivity index (χ4n) is 3.81. The summed E-state index contributed by atoms with van der Waals surface area (Å²) in [6.07, 6.45) is 1.72. The zero-order chi connectivity index (χ0) is 20.7. The molecule has 1 aliphatic heterocycles. The van der Waals surface area contributed by atoms with Crippen LogP contribution in [0.2, 0.25) is 0 Å². The minimum Gasteiger partial charge on any atom is -0.418 e. The zero-order valence-electron chi connectivity index (χ0n) is 17.5. The Bertz CT molecular complexity index is 1030. The number of aromatic nitrogens is 4. The van der Waals surface area contributed by atoms with Crippen LogP contribution in [-0.2, 0) is 13.1 Å². The van der Waals surface area contributed by atoms with Crippen LogP contribution in [0, 0.1) is 0 Å². The predicted molar refractivity (Wildman–Crippen MR) is 108 cm³/mol. The highest BCUT2D eigenvalue weighted by molar-refractivity contribution is 5.98. The molecule has 0 saturated carbocycles. The summed E-state index contributed by atoms with van der Waals surface area (Å²) in [6.45, 7) is 9.59. The number of nitrogens with zero attached hydrogens (tertiary/aromatic N) is 6. The first kappa shape index (κ1) is 19.3. The normalized spacial score (nSPS) is 13.9. The van der Waals surface area contributed by atoms with Crippen LogP contribution < -0.4 is 0 Å². The van der Waals surface area contributed by atoms with E-state index in [-0.39, 0.29) is 5.91 Å². The third kappa shape index (κ3) is 3.44.